The SMILES string of the molecule is Cc1ccccc1S(=O)(=O)N[C@H](C)C(=O)O. The largest absolute Gasteiger partial charge is 0.480 e. The number of sulfonamides is 1. The average molecular weight is 243 g/mol. The third-order valence-corrected chi connectivity index (χ3v) is 3.79. The van der Waals surface area contributed by atoms with E-state index in [1.54, 1.807) is 25.1 Å². The second kappa shape index (κ2) is 4.63. The van der Waals surface area contributed by atoms with Gasteiger partial charge in [-0.15, -0.1) is 0 Å². The molecule has 1 rings (SSSR count). The minimum absolute atomic E-state index is 0.100. The number of hydrogen-bond acceptors (Lipinski definition) is 3. The van der Waals surface area contributed by atoms with Gasteiger partial charge >= 0.3 is 5.97 Å². The van der Waals surface area contributed by atoms with Crippen molar-refractivity contribution >= 4 is 16.0 Å². The fourth-order valence-electron chi connectivity index (χ4n) is 1.20. The molecule has 16 heavy (non-hydrogen) atoms. The van der Waals surface area contributed by atoms with Crippen molar-refractivity contribution in [2.24, 2.45) is 0 Å². The first-order valence-electron chi connectivity index (χ1n) is 4.65. The minimum atomic E-state index is -3.77. The number of aryl methyl sites for hydroxylation is 1. The predicted molar refractivity (Wildman–Crippen MR) is 58.6 cm³/mol. The molecular formula is C10H13NO4S. The Morgan fingerprint density at radius 1 is 1.38 bits per heavy atom. The molecule has 1 atom stereocenters. The summed E-state index contributed by atoms with van der Waals surface area (Å²) in [7, 11) is -3.77. The number of carbonyl (C=O) groups is 1. The van der Waals surface area contributed by atoms with Gasteiger partial charge in [-0.1, -0.05) is 18.2 Å². The van der Waals surface area contributed by atoms with E-state index >= 15 is 0 Å². The van der Waals surface area contributed by atoms with E-state index < -0.39 is 22.0 Å². The number of carboxylic acids is 1. The van der Waals surface area contributed by atoms with E-state index in [1.165, 1.54) is 13.0 Å². The molecule has 6 heteroatoms. The Hall–Kier alpha value is -1.40. The fourth-order valence-corrected chi connectivity index (χ4v) is 2.65. The Labute approximate surface area is 94.2 Å². The van der Waals surface area contributed by atoms with Crippen LogP contribution in [0.1, 0.15) is 12.5 Å². The summed E-state index contributed by atoms with van der Waals surface area (Å²) in [6.45, 7) is 2.93. The van der Waals surface area contributed by atoms with Crippen LogP contribution in [0, 0.1) is 6.92 Å². The van der Waals surface area contributed by atoms with Crippen LogP contribution >= 0.6 is 0 Å². The standard InChI is InChI=1S/C10H13NO4S/c1-7-5-3-4-6-9(7)16(14,15)11-8(2)10(12)13/h3-6,8,11H,1-2H3,(H,12,13)/t8-/m1/s1. The van der Waals surface area contributed by atoms with Crippen LogP contribution in [-0.4, -0.2) is 25.5 Å². The highest BCUT2D eigenvalue weighted by Crippen LogP contribution is 2.14. The summed E-state index contributed by atoms with van der Waals surface area (Å²) in [5.74, 6) is -1.21. The van der Waals surface area contributed by atoms with E-state index in [0.29, 0.717) is 5.56 Å². The van der Waals surface area contributed by atoms with E-state index in [0.717, 1.165) is 0 Å². The first kappa shape index (κ1) is 12.7. The highest BCUT2D eigenvalue weighted by molar-refractivity contribution is 7.89. The summed E-state index contributed by atoms with van der Waals surface area (Å²) in [6.07, 6.45) is 0. The van der Waals surface area contributed by atoms with Gasteiger partial charge in [-0.05, 0) is 25.5 Å². The van der Waals surface area contributed by atoms with Gasteiger partial charge in [0.2, 0.25) is 10.0 Å². The van der Waals surface area contributed by atoms with Crippen LogP contribution in [0.5, 0.6) is 0 Å². The number of nitrogens with one attached hydrogen (secondary N) is 1. The van der Waals surface area contributed by atoms with Crippen molar-refractivity contribution in [1.82, 2.24) is 4.72 Å². The molecule has 0 aliphatic rings. The first-order valence-corrected chi connectivity index (χ1v) is 6.13. The topological polar surface area (TPSA) is 83.5 Å². The summed E-state index contributed by atoms with van der Waals surface area (Å²) in [5, 5.41) is 8.63. The van der Waals surface area contributed by atoms with Gasteiger partial charge in [0, 0.05) is 0 Å². The van der Waals surface area contributed by atoms with Crippen LogP contribution in [0.25, 0.3) is 0 Å². The van der Waals surface area contributed by atoms with Gasteiger partial charge in [0.15, 0.2) is 0 Å². The molecule has 0 heterocycles. The van der Waals surface area contributed by atoms with Gasteiger partial charge in [0.1, 0.15) is 6.04 Å². The molecule has 0 unspecified atom stereocenters. The van der Waals surface area contributed by atoms with E-state index in [-0.39, 0.29) is 4.90 Å². The number of rotatable bonds is 4. The van der Waals surface area contributed by atoms with Crippen molar-refractivity contribution in [2.75, 3.05) is 0 Å². The van der Waals surface area contributed by atoms with Gasteiger partial charge in [0.05, 0.1) is 4.90 Å². The van der Waals surface area contributed by atoms with E-state index in [1.807, 2.05) is 0 Å². The van der Waals surface area contributed by atoms with Crippen molar-refractivity contribution in [3.05, 3.63) is 29.8 Å². The van der Waals surface area contributed by atoms with Crippen LogP contribution < -0.4 is 4.72 Å². The number of hydrogen-bond donors (Lipinski definition) is 2. The maximum Gasteiger partial charge on any atom is 0.321 e. The van der Waals surface area contributed by atoms with E-state index in [2.05, 4.69) is 4.72 Å². The van der Waals surface area contributed by atoms with Gasteiger partial charge < -0.3 is 5.11 Å². The Bertz CT molecular complexity index is 495. The van der Waals surface area contributed by atoms with Crippen molar-refractivity contribution in [3.8, 4) is 0 Å². The molecule has 0 bridgehead atoms. The van der Waals surface area contributed by atoms with Crippen LogP contribution in [0.3, 0.4) is 0 Å². The quantitative estimate of drug-likeness (QED) is 0.817. The number of aliphatic carboxylic acids is 1. The normalized spacial score (nSPS) is 13.4. The van der Waals surface area contributed by atoms with E-state index in [9.17, 15) is 13.2 Å². The van der Waals surface area contributed by atoms with Gasteiger partial charge in [-0.2, -0.15) is 4.72 Å². The summed E-state index contributed by atoms with van der Waals surface area (Å²) in [6, 6.07) is 5.25. The monoisotopic (exact) mass is 243 g/mol. The molecule has 2 N–H and O–H groups in total. The zero-order chi connectivity index (χ0) is 12.3. The molecule has 0 amide bonds. The molecule has 0 radical (unpaired) electrons. The maximum atomic E-state index is 11.8. The average Bonchev–Trinajstić information content (AvgIpc) is 2.17. The molecule has 0 spiro atoms. The van der Waals surface area contributed by atoms with E-state index in [4.69, 9.17) is 5.11 Å². The summed E-state index contributed by atoms with van der Waals surface area (Å²) >= 11 is 0. The molecule has 88 valence electrons. The lowest BCUT2D eigenvalue weighted by Crippen LogP contribution is -2.38. The van der Waals surface area contributed by atoms with Gasteiger partial charge in [-0.25, -0.2) is 8.42 Å². The summed E-state index contributed by atoms with van der Waals surface area (Å²) < 4.78 is 25.7. The lowest BCUT2D eigenvalue weighted by Gasteiger charge is -2.11. The van der Waals surface area contributed by atoms with Gasteiger partial charge in [0.25, 0.3) is 0 Å². The maximum absolute atomic E-state index is 11.8. The van der Waals surface area contributed by atoms with Crippen LogP contribution in [0.4, 0.5) is 0 Å². The third kappa shape index (κ3) is 2.80. The second-order valence-corrected chi connectivity index (χ2v) is 5.13. The highest BCUT2D eigenvalue weighted by atomic mass is 32.2. The summed E-state index contributed by atoms with van der Waals surface area (Å²) in [5.41, 5.74) is 0.576. The molecule has 0 aliphatic heterocycles. The number of benzene rings is 1. The fraction of sp³-hybridized carbons (Fsp3) is 0.300. The highest BCUT2D eigenvalue weighted by Gasteiger charge is 2.22. The predicted octanol–water partition coefficient (Wildman–Crippen LogP) is 0.746. The number of carboxylic acid groups (broad SMARTS) is 1. The summed E-state index contributed by atoms with van der Waals surface area (Å²) in [4.78, 5) is 10.7. The third-order valence-electron chi connectivity index (χ3n) is 2.09. The molecular weight excluding hydrogens is 230 g/mol. The smallest absolute Gasteiger partial charge is 0.321 e. The molecule has 5 nitrogen and oxygen atoms in total. The lowest BCUT2D eigenvalue weighted by atomic mass is 10.2. The molecule has 0 fully saturated rings. The second-order valence-electron chi connectivity index (χ2n) is 3.45. The van der Waals surface area contributed by atoms with Crippen molar-refractivity contribution < 1.29 is 18.3 Å². The van der Waals surface area contributed by atoms with Gasteiger partial charge in [-0.3, -0.25) is 4.79 Å². The Morgan fingerprint density at radius 2 is 1.94 bits per heavy atom. The molecule has 1 aromatic carbocycles. The van der Waals surface area contributed by atoms with Crippen LogP contribution in [-0.2, 0) is 14.8 Å². The first-order chi connectivity index (χ1) is 7.34. The zero-order valence-electron chi connectivity index (χ0n) is 8.97. The lowest BCUT2D eigenvalue weighted by molar-refractivity contribution is -0.138. The Kier molecular flexibility index (Phi) is 3.66. The van der Waals surface area contributed by atoms with Crippen molar-refractivity contribution in [1.29, 1.82) is 0 Å². The molecule has 0 aliphatic carbocycles. The Morgan fingerprint density at radius 3 is 2.44 bits per heavy atom. The minimum Gasteiger partial charge on any atom is -0.480 e. The van der Waals surface area contributed by atoms with Crippen molar-refractivity contribution in [2.45, 2.75) is 24.8 Å². The van der Waals surface area contributed by atoms with Crippen molar-refractivity contribution in [3.63, 3.8) is 0 Å². The van der Waals surface area contributed by atoms with Crippen LogP contribution in [0.2, 0.25) is 0 Å². The molecule has 0 aromatic heterocycles. The molecule has 1 aromatic rings. The van der Waals surface area contributed by atoms with Crippen LogP contribution in [0.15, 0.2) is 29.2 Å². The zero-order valence-corrected chi connectivity index (χ0v) is 9.78. The molecule has 0 saturated carbocycles. The Balaban J connectivity index is 3.04. The molecule has 0 saturated heterocycles.